The van der Waals surface area contributed by atoms with Gasteiger partial charge in [-0.2, -0.15) is 10.5 Å². The summed E-state index contributed by atoms with van der Waals surface area (Å²) in [5, 5.41) is 18.0. The Bertz CT molecular complexity index is 779. The van der Waals surface area contributed by atoms with E-state index in [1.807, 2.05) is 67.6 Å². The average Bonchev–Trinajstić information content (AvgIpc) is 2.54. The van der Waals surface area contributed by atoms with Gasteiger partial charge in [-0.15, -0.1) is 0 Å². The Hall–Kier alpha value is -3.24. The Balaban J connectivity index is 2.24. The van der Waals surface area contributed by atoms with Crippen LogP contribution in [-0.4, -0.2) is 14.1 Å². The lowest BCUT2D eigenvalue weighted by atomic mass is 10.1. The van der Waals surface area contributed by atoms with Crippen molar-refractivity contribution >= 4 is 11.8 Å². The Kier molecular flexibility index (Phi) is 5.02. The van der Waals surface area contributed by atoms with Crippen molar-refractivity contribution in [3.63, 3.8) is 0 Å². The minimum atomic E-state index is 0.0777. The first kappa shape index (κ1) is 16.1. The highest BCUT2D eigenvalue weighted by Crippen LogP contribution is 2.23. The average molecular weight is 303 g/mol. The first-order valence-corrected chi connectivity index (χ1v) is 7.11. The van der Waals surface area contributed by atoms with Gasteiger partial charge in [0.2, 0.25) is 0 Å². The standard InChI is InChI=1S/C19H17N3O/c1-14-10-16(17(12-20)13-21)11-19(23-14)9-6-15-4-7-18(8-5-15)22(2)3/h4-11H,1-3H3. The molecule has 1 aromatic rings. The molecule has 4 nitrogen and oxygen atoms in total. The van der Waals surface area contributed by atoms with E-state index in [1.165, 1.54) is 0 Å². The van der Waals surface area contributed by atoms with Crippen LogP contribution in [0.15, 0.2) is 65.2 Å². The number of hydrogen-bond donors (Lipinski definition) is 0. The van der Waals surface area contributed by atoms with E-state index in [-0.39, 0.29) is 5.57 Å². The molecule has 2 rings (SSSR count). The van der Waals surface area contributed by atoms with E-state index in [0.717, 1.165) is 11.3 Å². The second-order valence-corrected chi connectivity index (χ2v) is 5.28. The molecule has 1 aliphatic rings. The van der Waals surface area contributed by atoms with Crippen LogP contribution in [0.3, 0.4) is 0 Å². The summed E-state index contributed by atoms with van der Waals surface area (Å²) in [7, 11) is 3.99. The second kappa shape index (κ2) is 7.15. The van der Waals surface area contributed by atoms with Crippen molar-refractivity contribution in [2.24, 2.45) is 0 Å². The summed E-state index contributed by atoms with van der Waals surface area (Å²) in [6.45, 7) is 1.79. The van der Waals surface area contributed by atoms with Gasteiger partial charge in [-0.1, -0.05) is 18.2 Å². The molecule has 1 heterocycles. The van der Waals surface area contributed by atoms with E-state index in [0.29, 0.717) is 17.1 Å². The van der Waals surface area contributed by atoms with Gasteiger partial charge < -0.3 is 9.64 Å². The number of ether oxygens (including phenoxy) is 1. The van der Waals surface area contributed by atoms with E-state index < -0.39 is 0 Å². The Labute approximate surface area is 136 Å². The van der Waals surface area contributed by atoms with Crippen LogP contribution in [0.2, 0.25) is 0 Å². The molecule has 0 saturated carbocycles. The normalized spacial score (nSPS) is 13.5. The quantitative estimate of drug-likeness (QED) is 0.794. The molecule has 0 N–H and O–H groups in total. The fourth-order valence-corrected chi connectivity index (χ4v) is 2.10. The molecular formula is C19H17N3O. The molecule has 0 fully saturated rings. The van der Waals surface area contributed by atoms with Crippen molar-refractivity contribution < 1.29 is 4.74 Å². The summed E-state index contributed by atoms with van der Waals surface area (Å²) in [6, 6.07) is 11.9. The van der Waals surface area contributed by atoms with E-state index in [2.05, 4.69) is 0 Å². The predicted octanol–water partition coefficient (Wildman–Crippen LogP) is 3.93. The number of allylic oxidation sites excluding steroid dienone is 6. The number of hydrogen-bond acceptors (Lipinski definition) is 4. The maximum atomic E-state index is 8.98. The van der Waals surface area contributed by atoms with Crippen LogP contribution >= 0.6 is 0 Å². The molecule has 1 aromatic carbocycles. The van der Waals surface area contributed by atoms with Gasteiger partial charge in [-0.05, 0) is 42.8 Å². The van der Waals surface area contributed by atoms with Crippen molar-refractivity contribution in [1.82, 2.24) is 0 Å². The number of nitrogens with zero attached hydrogens (tertiary/aromatic N) is 3. The number of nitriles is 2. The first-order valence-electron chi connectivity index (χ1n) is 7.11. The Morgan fingerprint density at radius 3 is 2.26 bits per heavy atom. The van der Waals surface area contributed by atoms with E-state index >= 15 is 0 Å². The maximum absolute atomic E-state index is 8.98. The Morgan fingerprint density at radius 1 is 1.04 bits per heavy atom. The topological polar surface area (TPSA) is 60.0 Å². The number of anilines is 1. The van der Waals surface area contributed by atoms with Crippen molar-refractivity contribution in [3.05, 3.63) is 70.7 Å². The molecular weight excluding hydrogens is 286 g/mol. The lowest BCUT2D eigenvalue weighted by Gasteiger charge is -2.13. The summed E-state index contributed by atoms with van der Waals surface area (Å²) >= 11 is 0. The van der Waals surface area contributed by atoms with Gasteiger partial charge in [0, 0.05) is 25.4 Å². The summed E-state index contributed by atoms with van der Waals surface area (Å²) in [6.07, 6.45) is 7.14. The molecule has 0 spiro atoms. The van der Waals surface area contributed by atoms with Crippen LogP contribution in [0.25, 0.3) is 6.08 Å². The summed E-state index contributed by atoms with van der Waals surface area (Å²) < 4.78 is 5.61. The lowest BCUT2D eigenvalue weighted by molar-refractivity contribution is 0.318. The van der Waals surface area contributed by atoms with Gasteiger partial charge in [0.1, 0.15) is 29.2 Å². The third-order valence-electron chi connectivity index (χ3n) is 3.30. The SMILES string of the molecule is CC1=CC(=C(C#N)C#N)C=C(C=Cc2ccc(N(C)C)cc2)O1. The molecule has 1 aliphatic heterocycles. The van der Waals surface area contributed by atoms with Gasteiger partial charge in [-0.25, -0.2) is 0 Å². The summed E-state index contributed by atoms with van der Waals surface area (Å²) in [4.78, 5) is 2.04. The van der Waals surface area contributed by atoms with Crippen LogP contribution in [-0.2, 0) is 4.74 Å². The monoisotopic (exact) mass is 303 g/mol. The predicted molar refractivity (Wildman–Crippen MR) is 91.0 cm³/mol. The molecule has 4 heteroatoms. The lowest BCUT2D eigenvalue weighted by Crippen LogP contribution is -2.07. The first-order chi connectivity index (χ1) is 11.0. The molecule has 0 aliphatic carbocycles. The maximum Gasteiger partial charge on any atom is 0.137 e. The highest BCUT2D eigenvalue weighted by Gasteiger charge is 2.10. The molecule has 0 atom stereocenters. The van der Waals surface area contributed by atoms with Crippen molar-refractivity contribution in [2.75, 3.05) is 19.0 Å². The highest BCUT2D eigenvalue weighted by atomic mass is 16.5. The zero-order chi connectivity index (χ0) is 16.8. The van der Waals surface area contributed by atoms with Crippen LogP contribution in [0.4, 0.5) is 5.69 Å². The molecule has 23 heavy (non-hydrogen) atoms. The fraction of sp³-hybridized carbons (Fsp3) is 0.158. The summed E-state index contributed by atoms with van der Waals surface area (Å²) in [5.74, 6) is 1.24. The number of rotatable bonds is 3. The fourth-order valence-electron chi connectivity index (χ4n) is 2.10. The van der Waals surface area contributed by atoms with Crippen LogP contribution in [0, 0.1) is 22.7 Å². The summed E-state index contributed by atoms with van der Waals surface area (Å²) in [5.41, 5.74) is 2.82. The second-order valence-electron chi connectivity index (χ2n) is 5.28. The largest absolute Gasteiger partial charge is 0.462 e. The number of benzene rings is 1. The van der Waals surface area contributed by atoms with Crippen LogP contribution in [0.1, 0.15) is 12.5 Å². The zero-order valence-electron chi connectivity index (χ0n) is 13.4. The van der Waals surface area contributed by atoms with E-state index in [9.17, 15) is 0 Å². The van der Waals surface area contributed by atoms with Crippen molar-refractivity contribution in [2.45, 2.75) is 6.92 Å². The molecule has 0 amide bonds. The van der Waals surface area contributed by atoms with Crippen LogP contribution < -0.4 is 4.90 Å². The smallest absolute Gasteiger partial charge is 0.137 e. The molecule has 0 saturated heterocycles. The van der Waals surface area contributed by atoms with Gasteiger partial charge in [-0.3, -0.25) is 0 Å². The zero-order valence-corrected chi connectivity index (χ0v) is 13.4. The minimum Gasteiger partial charge on any atom is -0.462 e. The van der Waals surface area contributed by atoms with Gasteiger partial charge >= 0.3 is 0 Å². The third kappa shape index (κ3) is 4.12. The molecule has 0 aromatic heterocycles. The molecule has 0 bridgehead atoms. The van der Waals surface area contributed by atoms with Crippen LogP contribution in [0.5, 0.6) is 0 Å². The highest BCUT2D eigenvalue weighted by molar-refractivity contribution is 5.59. The third-order valence-corrected chi connectivity index (χ3v) is 3.30. The molecule has 0 unspecified atom stereocenters. The Morgan fingerprint density at radius 2 is 1.70 bits per heavy atom. The molecule has 0 radical (unpaired) electrons. The van der Waals surface area contributed by atoms with Crippen molar-refractivity contribution in [3.8, 4) is 12.1 Å². The van der Waals surface area contributed by atoms with Gasteiger partial charge in [0.15, 0.2) is 0 Å². The van der Waals surface area contributed by atoms with E-state index in [4.69, 9.17) is 15.3 Å². The van der Waals surface area contributed by atoms with Gasteiger partial charge in [0.05, 0.1) is 0 Å². The van der Waals surface area contributed by atoms with E-state index in [1.54, 1.807) is 19.1 Å². The molecule has 114 valence electrons. The minimum absolute atomic E-state index is 0.0777. The van der Waals surface area contributed by atoms with Gasteiger partial charge in [0.25, 0.3) is 0 Å². The van der Waals surface area contributed by atoms with Crippen molar-refractivity contribution in [1.29, 1.82) is 10.5 Å².